The van der Waals surface area contributed by atoms with Gasteiger partial charge in [0.25, 0.3) is 0 Å². The Morgan fingerprint density at radius 2 is 2.36 bits per heavy atom. The van der Waals surface area contributed by atoms with Crippen LogP contribution in [0.3, 0.4) is 0 Å². The summed E-state index contributed by atoms with van der Waals surface area (Å²) < 4.78 is 7.60. The fourth-order valence-electron chi connectivity index (χ4n) is 1.05. The van der Waals surface area contributed by atoms with E-state index in [1.54, 1.807) is 4.68 Å². The summed E-state index contributed by atoms with van der Waals surface area (Å²) in [6.07, 6.45) is -0.0724. The van der Waals surface area contributed by atoms with Gasteiger partial charge in [0.05, 0.1) is 15.5 Å². The molecule has 1 aromatic heterocycles. The third-order valence-corrected chi connectivity index (χ3v) is 2.37. The highest BCUT2D eigenvalue weighted by molar-refractivity contribution is 14.1. The van der Waals surface area contributed by atoms with E-state index >= 15 is 0 Å². The van der Waals surface area contributed by atoms with E-state index < -0.39 is 0 Å². The van der Waals surface area contributed by atoms with Crippen LogP contribution in [0.4, 0.5) is 0 Å². The zero-order chi connectivity index (χ0) is 10.7. The molecule has 1 aromatic rings. The van der Waals surface area contributed by atoms with Crippen LogP contribution < -0.4 is 0 Å². The average molecular weight is 308 g/mol. The summed E-state index contributed by atoms with van der Waals surface area (Å²) in [7, 11) is 0. The third kappa shape index (κ3) is 3.28. The Morgan fingerprint density at radius 1 is 1.71 bits per heavy atom. The molecule has 78 valence electrons. The topological polar surface area (TPSA) is 44.1 Å². The molecule has 0 aliphatic carbocycles. The molecule has 0 spiro atoms. The molecule has 0 unspecified atom stereocenters. The minimum Gasteiger partial charge on any atom is -0.462 e. The minimum absolute atomic E-state index is 0.0724. The molecule has 0 bridgehead atoms. The van der Waals surface area contributed by atoms with E-state index in [1.807, 2.05) is 26.8 Å². The normalized spacial score (nSPS) is 10.6. The molecular formula is C9H13IN2O2. The van der Waals surface area contributed by atoms with Crippen molar-refractivity contribution < 1.29 is 9.53 Å². The SMILES string of the molecule is Cc1cc(I)n(CC(=O)OC(C)C)n1. The van der Waals surface area contributed by atoms with Gasteiger partial charge >= 0.3 is 5.97 Å². The van der Waals surface area contributed by atoms with Crippen molar-refractivity contribution in [2.45, 2.75) is 33.4 Å². The maximum atomic E-state index is 11.3. The Bertz CT molecular complexity index is 334. The second-order valence-corrected chi connectivity index (χ2v) is 4.41. The second-order valence-electron chi connectivity index (χ2n) is 3.30. The Hall–Kier alpha value is -0.590. The predicted octanol–water partition coefficient (Wildman–Crippen LogP) is 1.75. The summed E-state index contributed by atoms with van der Waals surface area (Å²) in [5.74, 6) is -0.249. The van der Waals surface area contributed by atoms with Gasteiger partial charge in [0.1, 0.15) is 6.54 Å². The molecular weight excluding hydrogens is 295 g/mol. The largest absolute Gasteiger partial charge is 0.462 e. The Morgan fingerprint density at radius 3 is 2.79 bits per heavy atom. The molecule has 14 heavy (non-hydrogen) atoms. The van der Waals surface area contributed by atoms with Crippen LogP contribution >= 0.6 is 22.6 Å². The summed E-state index contributed by atoms with van der Waals surface area (Å²) in [4.78, 5) is 11.3. The number of ether oxygens (including phenoxy) is 1. The number of rotatable bonds is 3. The lowest BCUT2D eigenvalue weighted by molar-refractivity contribution is -0.148. The highest BCUT2D eigenvalue weighted by Gasteiger charge is 2.09. The molecule has 0 saturated carbocycles. The molecule has 1 rings (SSSR count). The van der Waals surface area contributed by atoms with Gasteiger partial charge in [-0.15, -0.1) is 0 Å². The van der Waals surface area contributed by atoms with Crippen molar-refractivity contribution in [2.24, 2.45) is 0 Å². The van der Waals surface area contributed by atoms with Crippen LogP contribution in [0, 0.1) is 10.6 Å². The van der Waals surface area contributed by atoms with E-state index in [4.69, 9.17) is 4.74 Å². The first-order valence-electron chi connectivity index (χ1n) is 4.38. The van der Waals surface area contributed by atoms with E-state index in [0.717, 1.165) is 9.39 Å². The smallest absolute Gasteiger partial charge is 0.328 e. The lowest BCUT2D eigenvalue weighted by Gasteiger charge is -2.08. The molecule has 0 saturated heterocycles. The number of carbonyl (C=O) groups is 1. The van der Waals surface area contributed by atoms with Gasteiger partial charge in [-0.3, -0.25) is 4.79 Å². The van der Waals surface area contributed by atoms with Gasteiger partial charge in [-0.05, 0) is 49.4 Å². The van der Waals surface area contributed by atoms with Crippen molar-refractivity contribution in [3.05, 3.63) is 15.5 Å². The summed E-state index contributed by atoms with van der Waals surface area (Å²) in [6, 6.07) is 1.92. The zero-order valence-corrected chi connectivity index (χ0v) is 10.6. The van der Waals surface area contributed by atoms with Gasteiger partial charge in [0.15, 0.2) is 0 Å². The Balaban J connectivity index is 2.60. The van der Waals surface area contributed by atoms with Gasteiger partial charge < -0.3 is 4.74 Å². The van der Waals surface area contributed by atoms with Crippen LogP contribution in [0.25, 0.3) is 0 Å². The molecule has 0 amide bonds. The molecule has 0 aliphatic heterocycles. The van der Waals surface area contributed by atoms with E-state index in [-0.39, 0.29) is 18.6 Å². The molecule has 0 N–H and O–H groups in total. The summed E-state index contributed by atoms with van der Waals surface area (Å²) in [5.41, 5.74) is 0.909. The van der Waals surface area contributed by atoms with E-state index in [1.165, 1.54) is 0 Å². The molecule has 4 nitrogen and oxygen atoms in total. The third-order valence-electron chi connectivity index (χ3n) is 1.50. The standard InChI is InChI=1S/C9H13IN2O2/c1-6(2)14-9(13)5-12-8(10)4-7(3)11-12/h4,6H,5H2,1-3H3. The molecule has 0 aliphatic rings. The van der Waals surface area contributed by atoms with E-state index in [2.05, 4.69) is 27.7 Å². The van der Waals surface area contributed by atoms with Crippen molar-refractivity contribution in [3.63, 3.8) is 0 Å². The van der Waals surface area contributed by atoms with Crippen molar-refractivity contribution in [2.75, 3.05) is 0 Å². The lowest BCUT2D eigenvalue weighted by Crippen LogP contribution is -2.19. The molecule has 0 fully saturated rings. The molecule has 5 heteroatoms. The average Bonchev–Trinajstić information content (AvgIpc) is 2.28. The van der Waals surface area contributed by atoms with Gasteiger partial charge in [0.2, 0.25) is 0 Å². The number of aryl methyl sites for hydroxylation is 1. The van der Waals surface area contributed by atoms with Gasteiger partial charge in [-0.2, -0.15) is 5.10 Å². The van der Waals surface area contributed by atoms with E-state index in [9.17, 15) is 4.79 Å². The van der Waals surface area contributed by atoms with Gasteiger partial charge in [0, 0.05) is 0 Å². The number of hydrogen-bond acceptors (Lipinski definition) is 3. The van der Waals surface area contributed by atoms with Crippen molar-refractivity contribution in [1.82, 2.24) is 9.78 Å². The van der Waals surface area contributed by atoms with Crippen molar-refractivity contribution in [1.29, 1.82) is 0 Å². The second kappa shape index (κ2) is 4.77. The molecule has 0 radical (unpaired) electrons. The van der Waals surface area contributed by atoms with Gasteiger partial charge in [-0.25, -0.2) is 4.68 Å². The molecule has 0 atom stereocenters. The van der Waals surface area contributed by atoms with Crippen LogP contribution in [-0.2, 0) is 16.1 Å². The zero-order valence-electron chi connectivity index (χ0n) is 8.45. The number of hydrogen-bond donors (Lipinski definition) is 0. The summed E-state index contributed by atoms with van der Waals surface area (Å²) in [5, 5.41) is 4.17. The van der Waals surface area contributed by atoms with Crippen molar-refractivity contribution >= 4 is 28.6 Å². The molecule has 0 aromatic carbocycles. The first kappa shape index (κ1) is 11.5. The van der Waals surface area contributed by atoms with Crippen LogP contribution in [-0.4, -0.2) is 21.9 Å². The summed E-state index contributed by atoms with van der Waals surface area (Å²) >= 11 is 2.14. The quantitative estimate of drug-likeness (QED) is 0.631. The number of esters is 1. The number of carbonyl (C=O) groups excluding carboxylic acids is 1. The predicted molar refractivity (Wildman–Crippen MR) is 60.9 cm³/mol. The minimum atomic E-state index is -0.249. The first-order chi connectivity index (χ1) is 6.49. The van der Waals surface area contributed by atoms with Crippen LogP contribution in [0.1, 0.15) is 19.5 Å². The highest BCUT2D eigenvalue weighted by Crippen LogP contribution is 2.07. The maximum Gasteiger partial charge on any atom is 0.328 e. The monoisotopic (exact) mass is 308 g/mol. The maximum absolute atomic E-state index is 11.3. The lowest BCUT2D eigenvalue weighted by atomic mass is 10.5. The number of aromatic nitrogens is 2. The van der Waals surface area contributed by atoms with E-state index in [0.29, 0.717) is 0 Å². The Labute approximate surface area is 96.8 Å². The first-order valence-corrected chi connectivity index (χ1v) is 5.46. The summed E-state index contributed by atoms with van der Waals surface area (Å²) in [6.45, 7) is 5.74. The molecule has 1 heterocycles. The Kier molecular flexibility index (Phi) is 3.91. The van der Waals surface area contributed by atoms with Crippen molar-refractivity contribution in [3.8, 4) is 0 Å². The fourth-order valence-corrected chi connectivity index (χ4v) is 1.78. The highest BCUT2D eigenvalue weighted by atomic mass is 127. The fraction of sp³-hybridized carbons (Fsp3) is 0.556. The number of halogens is 1. The van der Waals surface area contributed by atoms with Crippen LogP contribution in [0.15, 0.2) is 6.07 Å². The van der Waals surface area contributed by atoms with Crippen LogP contribution in [0.2, 0.25) is 0 Å². The van der Waals surface area contributed by atoms with Gasteiger partial charge in [-0.1, -0.05) is 0 Å². The van der Waals surface area contributed by atoms with Crippen LogP contribution in [0.5, 0.6) is 0 Å². The number of nitrogens with zero attached hydrogens (tertiary/aromatic N) is 2.